The summed E-state index contributed by atoms with van der Waals surface area (Å²) in [6.45, 7) is 6.70. The van der Waals surface area contributed by atoms with Crippen LogP contribution in [0.1, 0.15) is 58.8 Å². The van der Waals surface area contributed by atoms with Crippen LogP contribution in [0, 0.1) is 10.8 Å². The van der Waals surface area contributed by atoms with E-state index in [9.17, 15) is 0 Å². The van der Waals surface area contributed by atoms with Crippen molar-refractivity contribution < 1.29 is 5.11 Å². The normalized spacial score (nSPS) is 21.5. The largest absolute Gasteiger partial charge is 0.396 e. The van der Waals surface area contributed by atoms with Crippen molar-refractivity contribution in [3.63, 3.8) is 0 Å². The third kappa shape index (κ3) is 5.49. The topological polar surface area (TPSA) is 73.3 Å². The van der Waals surface area contributed by atoms with E-state index < -0.39 is 0 Å². The van der Waals surface area contributed by atoms with Crippen LogP contribution < -0.4 is 5.73 Å². The van der Waals surface area contributed by atoms with Gasteiger partial charge in [-0.1, -0.05) is 26.7 Å². The molecule has 112 valence electrons. The number of aliphatic hydroxyl groups excluding tert-OH is 1. The molecule has 19 heavy (non-hydrogen) atoms. The Morgan fingerprint density at radius 1 is 1.37 bits per heavy atom. The Balaban J connectivity index is 2.25. The maximum Gasteiger partial charge on any atom is 0.0963 e. The lowest BCUT2D eigenvalue weighted by Gasteiger charge is -2.35. The van der Waals surface area contributed by atoms with E-state index in [1.807, 2.05) is 13.8 Å². The van der Waals surface area contributed by atoms with E-state index in [0.29, 0.717) is 18.5 Å². The van der Waals surface area contributed by atoms with Crippen molar-refractivity contribution in [2.75, 3.05) is 19.7 Å². The molecule has 1 atom stereocenters. The van der Waals surface area contributed by atoms with Crippen LogP contribution >= 0.6 is 0 Å². The second kappa shape index (κ2) is 7.85. The van der Waals surface area contributed by atoms with E-state index in [-0.39, 0.29) is 5.41 Å². The van der Waals surface area contributed by atoms with Gasteiger partial charge in [-0.15, -0.1) is 0 Å². The molecule has 1 aliphatic heterocycles. The predicted molar refractivity (Wildman–Crippen MR) is 80.5 cm³/mol. The molecule has 4 nitrogen and oxygen atoms in total. The Hall–Kier alpha value is -0.610. The number of unbranched alkanes of at least 4 members (excludes halogenated alkanes) is 1. The molecule has 4 heteroatoms. The zero-order valence-electron chi connectivity index (χ0n) is 12.6. The van der Waals surface area contributed by atoms with Gasteiger partial charge in [0.1, 0.15) is 0 Å². The summed E-state index contributed by atoms with van der Waals surface area (Å²) in [4.78, 5) is 2.54. The van der Waals surface area contributed by atoms with Crippen LogP contribution in [-0.4, -0.2) is 41.6 Å². The van der Waals surface area contributed by atoms with E-state index >= 15 is 0 Å². The van der Waals surface area contributed by atoms with Crippen LogP contribution in [0.3, 0.4) is 0 Å². The van der Waals surface area contributed by atoms with Crippen molar-refractivity contribution in [1.29, 1.82) is 5.41 Å². The Labute approximate surface area is 117 Å². The fraction of sp³-hybridized carbons (Fsp3) is 0.933. The summed E-state index contributed by atoms with van der Waals surface area (Å²) in [5.74, 6) is 0.295. The molecule has 1 fully saturated rings. The van der Waals surface area contributed by atoms with Gasteiger partial charge in [-0.2, -0.15) is 0 Å². The Bertz CT molecular complexity index is 277. The van der Waals surface area contributed by atoms with Crippen LogP contribution in [0.25, 0.3) is 0 Å². The van der Waals surface area contributed by atoms with Crippen molar-refractivity contribution in [3.05, 3.63) is 0 Å². The number of amidine groups is 1. The molecule has 1 aliphatic rings. The summed E-state index contributed by atoms with van der Waals surface area (Å²) in [5.41, 5.74) is 5.44. The number of hydrogen-bond donors (Lipinski definition) is 3. The quantitative estimate of drug-likeness (QED) is 0.360. The summed E-state index contributed by atoms with van der Waals surface area (Å²) in [5, 5.41) is 16.7. The first-order chi connectivity index (χ1) is 8.97. The Kier molecular flexibility index (Phi) is 6.80. The van der Waals surface area contributed by atoms with E-state index in [4.69, 9.17) is 16.2 Å². The third-order valence-corrected chi connectivity index (χ3v) is 4.44. The highest BCUT2D eigenvalue weighted by molar-refractivity contribution is 5.82. The van der Waals surface area contributed by atoms with Gasteiger partial charge >= 0.3 is 0 Å². The highest BCUT2D eigenvalue weighted by Gasteiger charge is 2.23. The number of hydrogen-bond acceptors (Lipinski definition) is 3. The monoisotopic (exact) mass is 269 g/mol. The van der Waals surface area contributed by atoms with Crippen molar-refractivity contribution in [2.24, 2.45) is 11.1 Å². The number of piperidine rings is 1. The van der Waals surface area contributed by atoms with Gasteiger partial charge in [-0.25, -0.2) is 0 Å². The van der Waals surface area contributed by atoms with Crippen LogP contribution in [0.5, 0.6) is 0 Å². The molecule has 1 heterocycles. The molecular weight excluding hydrogens is 238 g/mol. The van der Waals surface area contributed by atoms with Crippen LogP contribution in [-0.2, 0) is 0 Å². The maximum absolute atomic E-state index is 9.11. The van der Waals surface area contributed by atoms with Crippen LogP contribution in [0.4, 0.5) is 0 Å². The van der Waals surface area contributed by atoms with Crippen LogP contribution in [0.2, 0.25) is 0 Å². The average molecular weight is 269 g/mol. The van der Waals surface area contributed by atoms with Crippen molar-refractivity contribution in [2.45, 2.75) is 64.8 Å². The lowest BCUT2D eigenvalue weighted by Crippen LogP contribution is -2.40. The fourth-order valence-corrected chi connectivity index (χ4v) is 2.85. The highest BCUT2D eigenvalue weighted by Crippen LogP contribution is 2.24. The molecule has 4 N–H and O–H groups in total. The third-order valence-electron chi connectivity index (χ3n) is 4.44. The van der Waals surface area contributed by atoms with Gasteiger partial charge in [-0.3, -0.25) is 5.41 Å². The molecule has 0 spiro atoms. The van der Waals surface area contributed by atoms with E-state index in [0.717, 1.165) is 25.8 Å². The minimum atomic E-state index is -0.160. The zero-order valence-corrected chi connectivity index (χ0v) is 12.6. The molecule has 0 saturated carbocycles. The van der Waals surface area contributed by atoms with Gasteiger partial charge in [-0.05, 0) is 45.2 Å². The molecule has 0 bridgehead atoms. The summed E-state index contributed by atoms with van der Waals surface area (Å²) in [6.07, 6.45) is 8.02. The Morgan fingerprint density at radius 2 is 2.11 bits per heavy atom. The summed E-state index contributed by atoms with van der Waals surface area (Å²) < 4.78 is 0. The lowest BCUT2D eigenvalue weighted by molar-refractivity contribution is 0.116. The molecule has 0 aromatic carbocycles. The fourth-order valence-electron chi connectivity index (χ4n) is 2.85. The predicted octanol–water partition coefficient (Wildman–Crippen LogP) is 2.36. The number of likely N-dealkylation sites (tertiary alicyclic amines) is 1. The minimum Gasteiger partial charge on any atom is -0.396 e. The molecule has 0 aliphatic carbocycles. The molecule has 0 amide bonds. The molecular formula is C15H31N3O. The number of rotatable bonds is 8. The molecule has 0 radical (unpaired) electrons. The maximum atomic E-state index is 9.11. The minimum absolute atomic E-state index is 0.160. The van der Waals surface area contributed by atoms with Gasteiger partial charge in [0, 0.05) is 18.1 Å². The first-order valence-electron chi connectivity index (χ1n) is 7.67. The second-order valence-electron chi connectivity index (χ2n) is 6.45. The molecule has 1 unspecified atom stereocenters. The van der Waals surface area contributed by atoms with Crippen molar-refractivity contribution >= 4 is 5.84 Å². The average Bonchev–Trinajstić information content (AvgIpc) is 2.36. The molecule has 0 aromatic rings. The first kappa shape index (κ1) is 16.4. The van der Waals surface area contributed by atoms with Crippen molar-refractivity contribution in [3.8, 4) is 0 Å². The number of nitrogens with one attached hydrogen (secondary N) is 1. The van der Waals surface area contributed by atoms with Crippen molar-refractivity contribution in [1.82, 2.24) is 4.90 Å². The standard InChI is InChI=1S/C15H31N3O/c1-15(2,14(16)17)9-4-6-11-18-10-5-3-7-13(18)8-12-19/h13,19H,3-12H2,1-2H3,(H3,16,17). The van der Waals surface area contributed by atoms with Gasteiger partial charge in [0.25, 0.3) is 0 Å². The summed E-state index contributed by atoms with van der Waals surface area (Å²) in [6, 6.07) is 0.583. The number of nitrogens with zero attached hydrogens (tertiary/aromatic N) is 1. The van der Waals surface area contributed by atoms with Gasteiger partial charge in [0.15, 0.2) is 0 Å². The van der Waals surface area contributed by atoms with E-state index in [1.54, 1.807) is 0 Å². The van der Waals surface area contributed by atoms with Gasteiger partial charge in [0.2, 0.25) is 0 Å². The smallest absolute Gasteiger partial charge is 0.0963 e. The lowest BCUT2D eigenvalue weighted by atomic mass is 9.86. The highest BCUT2D eigenvalue weighted by atomic mass is 16.3. The van der Waals surface area contributed by atoms with E-state index in [2.05, 4.69) is 4.90 Å². The zero-order chi connectivity index (χ0) is 14.3. The second-order valence-corrected chi connectivity index (χ2v) is 6.45. The number of aliphatic hydroxyl groups is 1. The first-order valence-corrected chi connectivity index (χ1v) is 7.67. The van der Waals surface area contributed by atoms with Gasteiger partial charge < -0.3 is 15.7 Å². The number of nitrogens with two attached hydrogens (primary N) is 1. The SMILES string of the molecule is CC(C)(CCCCN1CCCCC1CCO)C(=N)N. The molecule has 1 rings (SSSR count). The molecule has 1 saturated heterocycles. The van der Waals surface area contributed by atoms with Crippen LogP contribution in [0.15, 0.2) is 0 Å². The summed E-state index contributed by atoms with van der Waals surface area (Å²) >= 11 is 0. The molecule has 0 aromatic heterocycles. The summed E-state index contributed by atoms with van der Waals surface area (Å²) in [7, 11) is 0. The Morgan fingerprint density at radius 3 is 2.74 bits per heavy atom. The van der Waals surface area contributed by atoms with E-state index in [1.165, 1.54) is 32.2 Å². The van der Waals surface area contributed by atoms with Gasteiger partial charge in [0.05, 0.1) is 5.84 Å².